The van der Waals surface area contributed by atoms with Crippen LogP contribution in [0.2, 0.25) is 5.02 Å². The van der Waals surface area contributed by atoms with E-state index in [4.69, 9.17) is 11.6 Å². The van der Waals surface area contributed by atoms with Crippen LogP contribution in [-0.4, -0.2) is 28.9 Å². The largest absolute Gasteiger partial charge is 0.359 e. The first kappa shape index (κ1) is 23.3. The van der Waals surface area contributed by atoms with Crippen LogP contribution in [0.25, 0.3) is 16.6 Å². The molecule has 1 N–H and O–H groups in total. The minimum absolute atomic E-state index is 0.0211. The quantitative estimate of drug-likeness (QED) is 0.361. The predicted molar refractivity (Wildman–Crippen MR) is 126 cm³/mol. The van der Waals surface area contributed by atoms with Gasteiger partial charge in [0.1, 0.15) is 5.82 Å². The van der Waals surface area contributed by atoms with Crippen LogP contribution < -0.4 is 16.7 Å². The maximum absolute atomic E-state index is 14.5. The Morgan fingerprint density at radius 3 is 2.56 bits per heavy atom. The van der Waals surface area contributed by atoms with Crippen molar-refractivity contribution in [3.63, 3.8) is 0 Å². The Labute approximate surface area is 205 Å². The van der Waals surface area contributed by atoms with Crippen molar-refractivity contribution in [3.8, 4) is 5.69 Å². The molecule has 0 aliphatic carbocycles. The van der Waals surface area contributed by atoms with Gasteiger partial charge >= 0.3 is 11.4 Å². The molecule has 13 heteroatoms. The lowest BCUT2D eigenvalue weighted by Gasteiger charge is -2.16. The van der Waals surface area contributed by atoms with Crippen LogP contribution in [-0.2, 0) is 13.6 Å². The molecule has 182 valence electrons. The van der Waals surface area contributed by atoms with E-state index in [9.17, 15) is 22.8 Å². The number of aryl methyl sites for hydroxylation is 1. The van der Waals surface area contributed by atoms with Gasteiger partial charge in [-0.05, 0) is 30.3 Å². The second kappa shape index (κ2) is 8.96. The Morgan fingerprint density at radius 2 is 1.78 bits per heavy atom. The summed E-state index contributed by atoms with van der Waals surface area (Å²) in [6.45, 7) is -0.569. The average Bonchev–Trinajstić information content (AvgIpc) is 3.19. The summed E-state index contributed by atoms with van der Waals surface area (Å²) in [7, 11) is 1.76. The van der Waals surface area contributed by atoms with Crippen molar-refractivity contribution in [3.05, 3.63) is 104 Å². The van der Waals surface area contributed by atoms with Gasteiger partial charge in [0.05, 0.1) is 29.0 Å². The molecule has 5 aromatic rings. The van der Waals surface area contributed by atoms with Gasteiger partial charge in [-0.1, -0.05) is 11.6 Å². The van der Waals surface area contributed by atoms with Crippen LogP contribution in [0.1, 0.15) is 5.56 Å². The van der Waals surface area contributed by atoms with Crippen LogP contribution in [0.15, 0.2) is 64.6 Å². The molecule has 0 aliphatic heterocycles. The monoisotopic (exact) mass is 513 g/mol. The molecule has 9 nitrogen and oxygen atoms in total. The van der Waals surface area contributed by atoms with E-state index >= 15 is 0 Å². The second-order valence-electron chi connectivity index (χ2n) is 7.84. The van der Waals surface area contributed by atoms with Gasteiger partial charge in [0.25, 0.3) is 0 Å². The van der Waals surface area contributed by atoms with E-state index in [2.05, 4.69) is 20.4 Å². The molecule has 0 radical (unpaired) electrons. The summed E-state index contributed by atoms with van der Waals surface area (Å²) in [5, 5.41) is 8.08. The van der Waals surface area contributed by atoms with E-state index in [0.29, 0.717) is 27.9 Å². The molecule has 3 heterocycles. The normalized spacial score (nSPS) is 11.2. The maximum Gasteiger partial charge on any atom is 0.359 e. The Kier molecular flexibility index (Phi) is 5.80. The van der Waals surface area contributed by atoms with Crippen LogP contribution >= 0.6 is 11.6 Å². The molecule has 0 fully saturated rings. The summed E-state index contributed by atoms with van der Waals surface area (Å²) in [6.07, 6.45) is 4.30. The Bertz CT molecular complexity index is 1760. The van der Waals surface area contributed by atoms with Gasteiger partial charge in [-0.3, -0.25) is 14.2 Å². The van der Waals surface area contributed by atoms with E-state index < -0.39 is 35.4 Å². The number of benzene rings is 2. The molecule has 0 saturated heterocycles. The number of anilines is 2. The Hall–Kier alpha value is -4.45. The van der Waals surface area contributed by atoms with E-state index in [-0.39, 0.29) is 22.2 Å². The van der Waals surface area contributed by atoms with Gasteiger partial charge in [-0.2, -0.15) is 10.1 Å². The second-order valence-corrected chi connectivity index (χ2v) is 8.28. The first-order valence-electron chi connectivity index (χ1n) is 10.4. The lowest BCUT2D eigenvalue weighted by atomic mass is 10.2. The Morgan fingerprint density at radius 1 is 1.00 bits per heavy atom. The fraction of sp³-hybridized carbons (Fsp3) is 0.0870. The molecule has 5 rings (SSSR count). The highest BCUT2D eigenvalue weighted by Gasteiger charge is 2.19. The molecule has 36 heavy (non-hydrogen) atoms. The van der Waals surface area contributed by atoms with Crippen molar-refractivity contribution in [2.75, 3.05) is 5.32 Å². The molecular formula is C23H15ClF3N7O2. The molecule has 2 aromatic carbocycles. The minimum atomic E-state index is -1.38. The Balaban J connectivity index is 1.68. The molecule has 0 unspecified atom stereocenters. The number of pyridine rings is 1. The standard InChI is InChI=1S/C23H15ClF3N7O2/c1-32-10-13-4-15(2-3-20(13)31-32)29-21-30-22(35)34(16-6-14(24)8-28-9-16)23(36)33(21)11-12-5-18(26)19(27)7-17(12)25/h2-10H,11H2,1H3,(H,29,30,35). The van der Waals surface area contributed by atoms with Gasteiger partial charge in [-0.15, -0.1) is 0 Å². The van der Waals surface area contributed by atoms with E-state index in [1.807, 2.05) is 0 Å². The van der Waals surface area contributed by atoms with Crippen molar-refractivity contribution < 1.29 is 13.2 Å². The van der Waals surface area contributed by atoms with Crippen LogP contribution in [0.4, 0.5) is 24.8 Å². The summed E-state index contributed by atoms with van der Waals surface area (Å²) in [5.74, 6) is -3.99. The zero-order valence-corrected chi connectivity index (χ0v) is 19.2. The SMILES string of the molecule is Cn1cc2cc(Nc3nc(=O)n(-c4cncc(Cl)c4)c(=O)n3Cc3cc(F)c(F)cc3F)ccc2n1. The molecule has 0 spiro atoms. The molecule has 0 saturated carbocycles. The molecule has 0 amide bonds. The molecule has 3 aromatic heterocycles. The molecule has 0 bridgehead atoms. The van der Waals surface area contributed by atoms with Crippen molar-refractivity contribution >= 4 is 34.1 Å². The van der Waals surface area contributed by atoms with Gasteiger partial charge in [0, 0.05) is 42.1 Å². The zero-order valence-electron chi connectivity index (χ0n) is 18.4. The van der Waals surface area contributed by atoms with Crippen molar-refractivity contribution in [1.82, 2.24) is 28.9 Å². The number of nitrogens with one attached hydrogen (secondary N) is 1. The highest BCUT2D eigenvalue weighted by molar-refractivity contribution is 6.30. The third kappa shape index (κ3) is 4.33. The number of aromatic nitrogens is 6. The number of rotatable bonds is 5. The van der Waals surface area contributed by atoms with Crippen LogP contribution in [0.3, 0.4) is 0 Å². The number of nitrogens with zero attached hydrogens (tertiary/aromatic N) is 6. The maximum atomic E-state index is 14.5. The molecule has 0 aliphatic rings. The van der Waals surface area contributed by atoms with E-state index in [1.54, 1.807) is 36.1 Å². The van der Waals surface area contributed by atoms with Gasteiger partial charge in [0.2, 0.25) is 5.95 Å². The van der Waals surface area contributed by atoms with Crippen molar-refractivity contribution in [2.24, 2.45) is 7.05 Å². The summed E-state index contributed by atoms with van der Waals surface area (Å²) in [6, 6.07) is 7.42. The number of hydrogen-bond acceptors (Lipinski definition) is 6. The first-order chi connectivity index (χ1) is 17.2. The lowest BCUT2D eigenvalue weighted by Crippen LogP contribution is -2.42. The van der Waals surface area contributed by atoms with E-state index in [1.165, 1.54) is 18.5 Å². The molecule has 0 atom stereocenters. The fourth-order valence-electron chi connectivity index (χ4n) is 3.69. The topological polar surface area (TPSA) is 99.6 Å². The van der Waals surface area contributed by atoms with Crippen molar-refractivity contribution in [1.29, 1.82) is 0 Å². The highest BCUT2D eigenvalue weighted by Crippen LogP contribution is 2.21. The van der Waals surface area contributed by atoms with Gasteiger partial charge < -0.3 is 5.32 Å². The summed E-state index contributed by atoms with van der Waals surface area (Å²) >= 11 is 5.96. The third-order valence-electron chi connectivity index (χ3n) is 5.31. The van der Waals surface area contributed by atoms with E-state index in [0.717, 1.165) is 9.95 Å². The zero-order chi connectivity index (χ0) is 25.6. The third-order valence-corrected chi connectivity index (χ3v) is 5.52. The fourth-order valence-corrected chi connectivity index (χ4v) is 3.86. The average molecular weight is 514 g/mol. The summed E-state index contributed by atoms with van der Waals surface area (Å²) < 4.78 is 45.0. The number of fused-ring (bicyclic) bond motifs is 1. The van der Waals surface area contributed by atoms with Crippen LogP contribution in [0.5, 0.6) is 0 Å². The van der Waals surface area contributed by atoms with Gasteiger partial charge in [-0.25, -0.2) is 27.3 Å². The molecular weight excluding hydrogens is 499 g/mol. The lowest BCUT2D eigenvalue weighted by molar-refractivity contribution is 0.487. The minimum Gasteiger partial charge on any atom is -0.325 e. The van der Waals surface area contributed by atoms with Gasteiger partial charge in [0.15, 0.2) is 11.6 Å². The number of hydrogen-bond donors (Lipinski definition) is 1. The van der Waals surface area contributed by atoms with Crippen LogP contribution in [0, 0.1) is 17.5 Å². The van der Waals surface area contributed by atoms with Crippen molar-refractivity contribution in [2.45, 2.75) is 6.54 Å². The highest BCUT2D eigenvalue weighted by atomic mass is 35.5. The number of halogens is 4. The summed E-state index contributed by atoms with van der Waals surface area (Å²) in [5.41, 5.74) is -1.06. The summed E-state index contributed by atoms with van der Waals surface area (Å²) in [4.78, 5) is 34.2. The predicted octanol–water partition coefficient (Wildman–Crippen LogP) is 3.54. The first-order valence-corrected chi connectivity index (χ1v) is 10.8. The smallest absolute Gasteiger partial charge is 0.325 e.